The topological polar surface area (TPSA) is 67.4 Å². The third-order valence-corrected chi connectivity index (χ3v) is 3.99. The monoisotopic (exact) mass is 324 g/mol. The molecule has 1 atom stereocenters. The molecule has 0 saturated heterocycles. The Morgan fingerprint density at radius 2 is 2.00 bits per heavy atom. The molecule has 0 aromatic heterocycles. The van der Waals surface area contributed by atoms with Crippen molar-refractivity contribution < 1.29 is 14.3 Å². The minimum atomic E-state index is -0.163. The van der Waals surface area contributed by atoms with Crippen molar-refractivity contribution in [1.82, 2.24) is 5.32 Å². The van der Waals surface area contributed by atoms with Crippen molar-refractivity contribution >= 4 is 17.5 Å². The Balaban J connectivity index is 1.74. The molecular formula is C19H20N2O3. The fourth-order valence-corrected chi connectivity index (χ4v) is 2.72. The van der Waals surface area contributed by atoms with Crippen molar-refractivity contribution in [3.05, 3.63) is 59.7 Å². The van der Waals surface area contributed by atoms with Crippen molar-refractivity contribution in [3.63, 3.8) is 0 Å². The number of para-hydroxylation sites is 1. The zero-order valence-corrected chi connectivity index (χ0v) is 13.5. The molecule has 5 nitrogen and oxygen atoms in total. The van der Waals surface area contributed by atoms with E-state index in [2.05, 4.69) is 10.6 Å². The molecule has 0 fully saturated rings. The van der Waals surface area contributed by atoms with E-state index in [1.54, 1.807) is 31.2 Å². The number of ether oxygens (including phenoxy) is 1. The molecule has 2 N–H and O–H groups in total. The number of amides is 2. The standard InChI is InChI=1S/C19H20N2O3/c1-2-18(22)20-14-7-5-6-13(12-14)19(23)21-16-10-11-24-17-9-4-3-8-15(16)17/h3-9,12,16H,2,10-11H2,1H3,(H,20,22)(H,21,23). The summed E-state index contributed by atoms with van der Waals surface area (Å²) >= 11 is 0. The van der Waals surface area contributed by atoms with Crippen LogP contribution < -0.4 is 15.4 Å². The second kappa shape index (κ2) is 7.17. The molecule has 5 heteroatoms. The Labute approximate surface area is 141 Å². The molecule has 24 heavy (non-hydrogen) atoms. The first-order chi connectivity index (χ1) is 11.7. The highest BCUT2D eigenvalue weighted by atomic mass is 16.5. The van der Waals surface area contributed by atoms with E-state index in [4.69, 9.17) is 4.74 Å². The summed E-state index contributed by atoms with van der Waals surface area (Å²) in [6, 6.07) is 14.6. The second-order valence-electron chi connectivity index (χ2n) is 5.68. The number of fused-ring (bicyclic) bond motifs is 1. The van der Waals surface area contributed by atoms with Crippen molar-refractivity contribution in [2.24, 2.45) is 0 Å². The highest BCUT2D eigenvalue weighted by Gasteiger charge is 2.23. The van der Waals surface area contributed by atoms with Gasteiger partial charge in [-0.05, 0) is 24.3 Å². The van der Waals surface area contributed by atoms with Gasteiger partial charge in [0.05, 0.1) is 12.6 Å². The Morgan fingerprint density at radius 1 is 1.17 bits per heavy atom. The van der Waals surface area contributed by atoms with E-state index in [1.807, 2.05) is 24.3 Å². The summed E-state index contributed by atoms with van der Waals surface area (Å²) in [5.74, 6) is 0.577. The lowest BCUT2D eigenvalue weighted by Gasteiger charge is -2.26. The van der Waals surface area contributed by atoms with Crippen LogP contribution in [0.2, 0.25) is 0 Å². The molecule has 1 aliphatic heterocycles. The van der Waals surface area contributed by atoms with Gasteiger partial charge in [-0.15, -0.1) is 0 Å². The van der Waals surface area contributed by atoms with Crippen LogP contribution in [0.15, 0.2) is 48.5 Å². The minimum Gasteiger partial charge on any atom is -0.493 e. The number of hydrogen-bond donors (Lipinski definition) is 2. The van der Waals surface area contributed by atoms with Crippen LogP contribution in [-0.2, 0) is 4.79 Å². The maximum Gasteiger partial charge on any atom is 0.251 e. The first-order valence-electron chi connectivity index (χ1n) is 8.10. The Bertz CT molecular complexity index is 758. The minimum absolute atomic E-state index is 0.0728. The maximum atomic E-state index is 12.6. The average Bonchev–Trinajstić information content (AvgIpc) is 2.62. The summed E-state index contributed by atoms with van der Waals surface area (Å²) in [4.78, 5) is 24.1. The lowest BCUT2D eigenvalue weighted by atomic mass is 10.00. The van der Waals surface area contributed by atoms with Crippen LogP contribution in [0.4, 0.5) is 5.69 Å². The summed E-state index contributed by atoms with van der Waals surface area (Å²) in [5.41, 5.74) is 2.14. The lowest BCUT2D eigenvalue weighted by Crippen LogP contribution is -2.32. The number of carbonyl (C=O) groups excluding carboxylic acids is 2. The average molecular weight is 324 g/mol. The van der Waals surface area contributed by atoms with Gasteiger partial charge in [-0.25, -0.2) is 0 Å². The van der Waals surface area contributed by atoms with Crippen LogP contribution in [-0.4, -0.2) is 18.4 Å². The van der Waals surface area contributed by atoms with Crippen LogP contribution in [0.5, 0.6) is 5.75 Å². The largest absolute Gasteiger partial charge is 0.493 e. The quantitative estimate of drug-likeness (QED) is 0.907. The molecule has 2 aromatic carbocycles. The summed E-state index contributed by atoms with van der Waals surface area (Å²) < 4.78 is 5.62. The van der Waals surface area contributed by atoms with E-state index in [1.165, 1.54) is 0 Å². The van der Waals surface area contributed by atoms with Crippen LogP contribution in [0.1, 0.15) is 41.7 Å². The SMILES string of the molecule is CCC(=O)Nc1cccc(C(=O)NC2CCOc3ccccc32)c1. The number of carbonyl (C=O) groups is 2. The van der Waals surface area contributed by atoms with Crippen molar-refractivity contribution in [3.8, 4) is 5.75 Å². The van der Waals surface area contributed by atoms with Gasteiger partial charge in [0.25, 0.3) is 5.91 Å². The number of rotatable bonds is 4. The van der Waals surface area contributed by atoms with E-state index in [0.717, 1.165) is 17.7 Å². The van der Waals surface area contributed by atoms with Crippen LogP contribution in [0.3, 0.4) is 0 Å². The fraction of sp³-hybridized carbons (Fsp3) is 0.263. The van der Waals surface area contributed by atoms with Crippen LogP contribution >= 0.6 is 0 Å². The lowest BCUT2D eigenvalue weighted by molar-refractivity contribution is -0.115. The molecule has 1 unspecified atom stereocenters. The smallest absolute Gasteiger partial charge is 0.251 e. The summed E-state index contributed by atoms with van der Waals surface area (Å²) in [6.45, 7) is 2.36. The van der Waals surface area contributed by atoms with Crippen molar-refractivity contribution in [2.75, 3.05) is 11.9 Å². The zero-order valence-electron chi connectivity index (χ0n) is 13.5. The predicted molar refractivity (Wildman–Crippen MR) is 92.1 cm³/mol. The van der Waals surface area contributed by atoms with E-state index >= 15 is 0 Å². The molecule has 0 radical (unpaired) electrons. The summed E-state index contributed by atoms with van der Waals surface area (Å²) in [5, 5.41) is 5.82. The molecule has 124 valence electrons. The Kier molecular flexibility index (Phi) is 4.79. The molecular weight excluding hydrogens is 304 g/mol. The van der Waals surface area contributed by atoms with E-state index in [9.17, 15) is 9.59 Å². The van der Waals surface area contributed by atoms with Gasteiger partial charge < -0.3 is 15.4 Å². The van der Waals surface area contributed by atoms with E-state index in [-0.39, 0.29) is 17.9 Å². The molecule has 0 spiro atoms. The van der Waals surface area contributed by atoms with E-state index in [0.29, 0.717) is 24.3 Å². The predicted octanol–water partition coefficient (Wildman–Crippen LogP) is 3.29. The van der Waals surface area contributed by atoms with Crippen LogP contribution in [0, 0.1) is 0 Å². The van der Waals surface area contributed by atoms with Gasteiger partial charge in [-0.2, -0.15) is 0 Å². The Hall–Kier alpha value is -2.82. The molecule has 3 rings (SSSR count). The van der Waals surface area contributed by atoms with Crippen LogP contribution in [0.25, 0.3) is 0 Å². The number of hydrogen-bond acceptors (Lipinski definition) is 3. The first-order valence-corrected chi connectivity index (χ1v) is 8.10. The van der Waals surface area contributed by atoms with Gasteiger partial charge in [-0.3, -0.25) is 9.59 Å². The van der Waals surface area contributed by atoms with Gasteiger partial charge >= 0.3 is 0 Å². The molecule has 2 aromatic rings. The van der Waals surface area contributed by atoms with Crippen molar-refractivity contribution in [1.29, 1.82) is 0 Å². The molecule has 0 aliphatic carbocycles. The highest BCUT2D eigenvalue weighted by molar-refractivity contribution is 5.97. The third-order valence-electron chi connectivity index (χ3n) is 3.99. The third kappa shape index (κ3) is 3.56. The molecule has 0 bridgehead atoms. The number of nitrogens with one attached hydrogen (secondary N) is 2. The van der Waals surface area contributed by atoms with Crippen molar-refractivity contribution in [2.45, 2.75) is 25.8 Å². The Morgan fingerprint density at radius 3 is 2.83 bits per heavy atom. The molecule has 2 amide bonds. The normalized spacial score (nSPS) is 15.8. The number of anilines is 1. The van der Waals surface area contributed by atoms with Gasteiger partial charge in [0.2, 0.25) is 5.91 Å². The molecule has 0 saturated carbocycles. The second-order valence-corrected chi connectivity index (χ2v) is 5.68. The van der Waals surface area contributed by atoms with Gasteiger partial charge in [0, 0.05) is 29.7 Å². The highest BCUT2D eigenvalue weighted by Crippen LogP contribution is 2.31. The zero-order chi connectivity index (χ0) is 16.9. The van der Waals surface area contributed by atoms with Gasteiger partial charge in [0.15, 0.2) is 0 Å². The summed E-state index contributed by atoms with van der Waals surface area (Å²) in [7, 11) is 0. The first kappa shape index (κ1) is 16.1. The fourth-order valence-electron chi connectivity index (χ4n) is 2.72. The maximum absolute atomic E-state index is 12.6. The molecule has 1 heterocycles. The number of benzene rings is 2. The van der Waals surface area contributed by atoms with E-state index < -0.39 is 0 Å². The van der Waals surface area contributed by atoms with Gasteiger partial charge in [0.1, 0.15) is 5.75 Å². The summed E-state index contributed by atoms with van der Waals surface area (Å²) in [6.07, 6.45) is 1.13. The molecule has 1 aliphatic rings. The van der Waals surface area contributed by atoms with Gasteiger partial charge in [-0.1, -0.05) is 31.2 Å².